The molecule has 5 heteroatoms. The Kier molecular flexibility index (Phi) is 2.59. The number of aryl methyl sites for hydroxylation is 1. The fraction of sp³-hybridized carbons (Fsp3) is 0.0909. The van der Waals surface area contributed by atoms with E-state index in [1.165, 1.54) is 6.20 Å². The summed E-state index contributed by atoms with van der Waals surface area (Å²) in [6, 6.07) is 7.27. The van der Waals surface area contributed by atoms with Gasteiger partial charge < -0.3 is 9.72 Å². The van der Waals surface area contributed by atoms with Gasteiger partial charge in [-0.3, -0.25) is 9.78 Å². The van der Waals surface area contributed by atoms with Gasteiger partial charge in [0.2, 0.25) is 5.75 Å². The van der Waals surface area contributed by atoms with E-state index in [4.69, 9.17) is 4.74 Å². The minimum atomic E-state index is -0.554. The molecule has 1 aromatic carbocycles. The van der Waals surface area contributed by atoms with Crippen LogP contribution in [0, 0.1) is 6.92 Å². The van der Waals surface area contributed by atoms with E-state index in [9.17, 15) is 9.59 Å². The predicted octanol–water partition coefficient (Wildman–Crippen LogP) is 1.16. The lowest BCUT2D eigenvalue weighted by molar-refractivity contribution is 0.470. The molecule has 0 saturated carbocycles. The highest BCUT2D eigenvalue weighted by Gasteiger charge is 2.02. The molecule has 1 heterocycles. The van der Waals surface area contributed by atoms with Crippen LogP contribution in [0.15, 0.2) is 40.1 Å². The van der Waals surface area contributed by atoms with Crippen molar-refractivity contribution in [2.75, 3.05) is 0 Å². The zero-order valence-corrected chi connectivity index (χ0v) is 8.61. The molecule has 0 bridgehead atoms. The lowest BCUT2D eigenvalue weighted by Crippen LogP contribution is -2.21. The van der Waals surface area contributed by atoms with Crippen molar-refractivity contribution < 1.29 is 4.74 Å². The topological polar surface area (TPSA) is 75.0 Å². The van der Waals surface area contributed by atoms with E-state index in [-0.39, 0.29) is 5.75 Å². The first-order chi connectivity index (χ1) is 7.65. The Bertz CT molecular complexity index is 613. The number of benzene rings is 1. The average molecular weight is 218 g/mol. The van der Waals surface area contributed by atoms with Gasteiger partial charge in [-0.15, -0.1) is 0 Å². The molecule has 2 N–H and O–H groups in total. The number of hydrogen-bond acceptors (Lipinski definition) is 3. The molecule has 0 amide bonds. The summed E-state index contributed by atoms with van der Waals surface area (Å²) in [5.74, 6) is 0.614. The molecule has 0 aliphatic rings. The maximum Gasteiger partial charge on any atom is 0.325 e. The van der Waals surface area contributed by atoms with Gasteiger partial charge in [0.1, 0.15) is 5.75 Å². The third-order valence-electron chi connectivity index (χ3n) is 2.00. The highest BCUT2D eigenvalue weighted by Crippen LogP contribution is 2.17. The van der Waals surface area contributed by atoms with Gasteiger partial charge in [-0.2, -0.15) is 0 Å². The number of aromatic nitrogens is 2. The third kappa shape index (κ3) is 2.20. The van der Waals surface area contributed by atoms with Crippen molar-refractivity contribution in [1.82, 2.24) is 9.97 Å². The van der Waals surface area contributed by atoms with E-state index >= 15 is 0 Å². The van der Waals surface area contributed by atoms with Gasteiger partial charge >= 0.3 is 5.69 Å². The summed E-state index contributed by atoms with van der Waals surface area (Å²) < 4.78 is 5.33. The summed E-state index contributed by atoms with van der Waals surface area (Å²) in [6.45, 7) is 1.92. The van der Waals surface area contributed by atoms with Crippen LogP contribution in [0.5, 0.6) is 11.5 Å². The number of aromatic amines is 2. The quantitative estimate of drug-likeness (QED) is 0.794. The molecular weight excluding hydrogens is 208 g/mol. The van der Waals surface area contributed by atoms with E-state index in [1.54, 1.807) is 12.1 Å². The van der Waals surface area contributed by atoms with Gasteiger partial charge in [0.05, 0.1) is 6.20 Å². The molecule has 0 unspecified atom stereocenters. The highest BCUT2D eigenvalue weighted by molar-refractivity contribution is 5.31. The largest absolute Gasteiger partial charge is 0.450 e. The predicted molar refractivity (Wildman–Crippen MR) is 58.9 cm³/mol. The molecular formula is C11H10N2O3. The van der Waals surface area contributed by atoms with Crippen molar-refractivity contribution in [1.29, 1.82) is 0 Å². The number of hydrogen-bond donors (Lipinski definition) is 2. The van der Waals surface area contributed by atoms with E-state index in [0.29, 0.717) is 5.75 Å². The van der Waals surface area contributed by atoms with Gasteiger partial charge in [-0.1, -0.05) is 12.1 Å². The van der Waals surface area contributed by atoms with Crippen LogP contribution in [0.25, 0.3) is 0 Å². The van der Waals surface area contributed by atoms with E-state index in [1.807, 2.05) is 19.1 Å². The Hall–Kier alpha value is -2.30. The summed E-state index contributed by atoms with van der Waals surface area (Å²) in [4.78, 5) is 26.5. The van der Waals surface area contributed by atoms with Crippen molar-refractivity contribution in [2.45, 2.75) is 6.92 Å². The van der Waals surface area contributed by atoms with Crippen molar-refractivity contribution in [2.24, 2.45) is 0 Å². The van der Waals surface area contributed by atoms with E-state index < -0.39 is 11.2 Å². The van der Waals surface area contributed by atoms with E-state index in [2.05, 4.69) is 9.97 Å². The first-order valence-corrected chi connectivity index (χ1v) is 4.72. The normalized spacial score (nSPS) is 10.1. The van der Waals surface area contributed by atoms with Crippen LogP contribution >= 0.6 is 0 Å². The van der Waals surface area contributed by atoms with Crippen molar-refractivity contribution in [3.8, 4) is 11.5 Å². The first-order valence-electron chi connectivity index (χ1n) is 4.72. The zero-order chi connectivity index (χ0) is 11.5. The van der Waals surface area contributed by atoms with Crippen LogP contribution in [0.1, 0.15) is 5.56 Å². The smallest absolute Gasteiger partial charge is 0.325 e. The zero-order valence-electron chi connectivity index (χ0n) is 8.61. The minimum Gasteiger partial charge on any atom is -0.450 e. The average Bonchev–Trinajstić information content (AvgIpc) is 2.22. The second-order valence-electron chi connectivity index (χ2n) is 3.35. The molecule has 82 valence electrons. The van der Waals surface area contributed by atoms with Crippen molar-refractivity contribution in [3.63, 3.8) is 0 Å². The molecule has 1 aromatic heterocycles. The molecule has 5 nitrogen and oxygen atoms in total. The van der Waals surface area contributed by atoms with Crippen LogP contribution < -0.4 is 16.0 Å². The fourth-order valence-electron chi connectivity index (χ4n) is 1.28. The van der Waals surface area contributed by atoms with Crippen molar-refractivity contribution >= 4 is 0 Å². The number of ether oxygens (including phenoxy) is 1. The Morgan fingerprint density at radius 1 is 1.25 bits per heavy atom. The summed E-state index contributed by atoms with van der Waals surface area (Å²) in [7, 11) is 0. The van der Waals surface area contributed by atoms with Gasteiger partial charge in [-0.25, -0.2) is 4.79 Å². The molecule has 0 spiro atoms. The minimum absolute atomic E-state index is 0.0604. The molecule has 0 radical (unpaired) electrons. The third-order valence-corrected chi connectivity index (χ3v) is 2.00. The second-order valence-corrected chi connectivity index (χ2v) is 3.35. The molecule has 2 rings (SSSR count). The Balaban J connectivity index is 2.34. The van der Waals surface area contributed by atoms with Crippen LogP contribution in [0.4, 0.5) is 0 Å². The summed E-state index contributed by atoms with van der Waals surface area (Å²) in [5.41, 5.74) is -0.0785. The van der Waals surface area contributed by atoms with Crippen LogP contribution in [-0.2, 0) is 0 Å². The fourth-order valence-corrected chi connectivity index (χ4v) is 1.28. The maximum atomic E-state index is 11.3. The lowest BCUT2D eigenvalue weighted by atomic mass is 10.2. The monoisotopic (exact) mass is 218 g/mol. The number of nitrogens with one attached hydrogen (secondary N) is 2. The van der Waals surface area contributed by atoms with Crippen LogP contribution in [0.2, 0.25) is 0 Å². The SMILES string of the molecule is Cc1cccc(Oc2c[nH]c(=O)[nH]c2=O)c1. The Morgan fingerprint density at radius 2 is 2.06 bits per heavy atom. The van der Waals surface area contributed by atoms with Gasteiger partial charge in [0.25, 0.3) is 5.56 Å². The highest BCUT2D eigenvalue weighted by atomic mass is 16.5. The lowest BCUT2D eigenvalue weighted by Gasteiger charge is -2.04. The number of rotatable bonds is 2. The van der Waals surface area contributed by atoms with E-state index in [0.717, 1.165) is 5.56 Å². The Morgan fingerprint density at radius 3 is 2.75 bits per heavy atom. The van der Waals surface area contributed by atoms with Crippen molar-refractivity contribution in [3.05, 3.63) is 56.9 Å². The molecule has 0 fully saturated rings. The van der Waals surface area contributed by atoms with Crippen LogP contribution in [-0.4, -0.2) is 9.97 Å². The van der Waals surface area contributed by atoms with Gasteiger partial charge in [0.15, 0.2) is 0 Å². The first kappa shape index (κ1) is 10.2. The molecule has 0 saturated heterocycles. The molecule has 2 aromatic rings. The summed E-state index contributed by atoms with van der Waals surface area (Å²) in [6.07, 6.45) is 1.24. The van der Waals surface area contributed by atoms with Gasteiger partial charge in [-0.05, 0) is 24.6 Å². The van der Waals surface area contributed by atoms with Gasteiger partial charge in [0, 0.05) is 0 Å². The van der Waals surface area contributed by atoms with Crippen LogP contribution in [0.3, 0.4) is 0 Å². The maximum absolute atomic E-state index is 11.3. The molecule has 16 heavy (non-hydrogen) atoms. The molecule has 0 aliphatic carbocycles. The Labute approximate surface area is 90.7 Å². The molecule has 0 aliphatic heterocycles. The summed E-state index contributed by atoms with van der Waals surface area (Å²) in [5, 5.41) is 0. The molecule has 0 atom stereocenters. The standard InChI is InChI=1S/C11H10N2O3/c1-7-3-2-4-8(5-7)16-9-6-12-11(15)13-10(9)14/h2-6H,1H3,(H2,12,13,14,15). The summed E-state index contributed by atoms with van der Waals surface area (Å²) >= 11 is 0. The second kappa shape index (κ2) is 4.06. The number of H-pyrrole nitrogens is 2.